The summed E-state index contributed by atoms with van der Waals surface area (Å²) in [4.78, 5) is 18.0. The zero-order valence-corrected chi connectivity index (χ0v) is 13.6. The highest BCUT2D eigenvalue weighted by Gasteiger charge is 2.41. The van der Waals surface area contributed by atoms with Crippen LogP contribution in [0.1, 0.15) is 18.4 Å². The van der Waals surface area contributed by atoms with E-state index in [9.17, 15) is 22.4 Å². The lowest BCUT2D eigenvalue weighted by Gasteiger charge is -2.33. The van der Waals surface area contributed by atoms with E-state index in [-0.39, 0.29) is 6.04 Å². The zero-order valence-electron chi connectivity index (χ0n) is 13.6. The number of nitrogens with zero attached hydrogens (tertiary/aromatic N) is 2. The molecular formula is C16H21F4N3O2. The first kappa shape index (κ1) is 19.6. The molecule has 1 fully saturated rings. The van der Waals surface area contributed by atoms with Crippen LogP contribution < -0.4 is 5.32 Å². The molecule has 9 heteroatoms. The molecule has 5 nitrogen and oxygen atoms in total. The number of likely N-dealkylation sites (tertiary alicyclic amines) is 1. The number of halogens is 4. The Bertz CT molecular complexity index is 545. The van der Waals surface area contributed by atoms with Gasteiger partial charge in [0.25, 0.3) is 0 Å². The SMILES string of the molecule is O=C(COCC(F)(F)C(F)F)N[C@@H]1CCCN(Cc2cccnc2)C1. The third-order valence-electron chi connectivity index (χ3n) is 3.85. The van der Waals surface area contributed by atoms with Gasteiger partial charge in [0.05, 0.1) is 0 Å². The summed E-state index contributed by atoms with van der Waals surface area (Å²) in [5, 5.41) is 2.70. The van der Waals surface area contributed by atoms with Gasteiger partial charge >= 0.3 is 12.3 Å². The Balaban J connectivity index is 1.71. The molecule has 25 heavy (non-hydrogen) atoms. The minimum Gasteiger partial charge on any atom is -0.365 e. The van der Waals surface area contributed by atoms with Gasteiger partial charge in [-0.2, -0.15) is 8.78 Å². The third kappa shape index (κ3) is 6.58. The zero-order chi connectivity index (χ0) is 18.3. The van der Waals surface area contributed by atoms with Crippen molar-refractivity contribution >= 4 is 5.91 Å². The predicted octanol–water partition coefficient (Wildman–Crippen LogP) is 2.08. The molecule has 0 aliphatic carbocycles. The fourth-order valence-corrected chi connectivity index (χ4v) is 2.68. The lowest BCUT2D eigenvalue weighted by molar-refractivity contribution is -0.168. The summed E-state index contributed by atoms with van der Waals surface area (Å²) in [7, 11) is 0. The number of hydrogen-bond donors (Lipinski definition) is 1. The van der Waals surface area contributed by atoms with Crippen molar-refractivity contribution in [2.24, 2.45) is 0 Å². The van der Waals surface area contributed by atoms with Gasteiger partial charge < -0.3 is 10.1 Å². The molecular weight excluding hydrogens is 342 g/mol. The number of amides is 1. The summed E-state index contributed by atoms with van der Waals surface area (Å²) in [5.41, 5.74) is 1.06. The molecule has 0 saturated carbocycles. The number of alkyl halides is 4. The number of ether oxygens (including phenoxy) is 1. The van der Waals surface area contributed by atoms with E-state index >= 15 is 0 Å². The first-order valence-corrected chi connectivity index (χ1v) is 8.01. The molecule has 140 valence electrons. The van der Waals surface area contributed by atoms with Gasteiger partial charge in [0.1, 0.15) is 13.2 Å². The summed E-state index contributed by atoms with van der Waals surface area (Å²) < 4.78 is 53.8. The second-order valence-corrected chi connectivity index (χ2v) is 6.06. The van der Waals surface area contributed by atoms with E-state index in [4.69, 9.17) is 0 Å². The summed E-state index contributed by atoms with van der Waals surface area (Å²) in [5.74, 6) is -4.83. The average molecular weight is 363 g/mol. The van der Waals surface area contributed by atoms with Crippen LogP contribution in [0, 0.1) is 0 Å². The van der Waals surface area contributed by atoms with Crippen molar-refractivity contribution < 1.29 is 27.1 Å². The van der Waals surface area contributed by atoms with Crippen LogP contribution in [0.25, 0.3) is 0 Å². The molecule has 1 saturated heterocycles. The highest BCUT2D eigenvalue weighted by atomic mass is 19.3. The van der Waals surface area contributed by atoms with Crippen LogP contribution in [0.5, 0.6) is 0 Å². The van der Waals surface area contributed by atoms with Crippen molar-refractivity contribution in [3.05, 3.63) is 30.1 Å². The molecule has 0 bridgehead atoms. The maximum atomic E-state index is 12.7. The number of rotatable bonds is 8. The van der Waals surface area contributed by atoms with Crippen molar-refractivity contribution in [1.29, 1.82) is 0 Å². The van der Waals surface area contributed by atoms with Gasteiger partial charge in [-0.3, -0.25) is 14.7 Å². The highest BCUT2D eigenvalue weighted by molar-refractivity contribution is 5.77. The van der Waals surface area contributed by atoms with Crippen molar-refractivity contribution in [3.63, 3.8) is 0 Å². The molecule has 1 aromatic rings. The van der Waals surface area contributed by atoms with Crippen LogP contribution in [0.4, 0.5) is 17.6 Å². The smallest absolute Gasteiger partial charge is 0.330 e. The third-order valence-corrected chi connectivity index (χ3v) is 3.85. The molecule has 0 unspecified atom stereocenters. The molecule has 1 aromatic heterocycles. The topological polar surface area (TPSA) is 54.5 Å². The molecule has 1 N–H and O–H groups in total. The molecule has 2 heterocycles. The first-order valence-electron chi connectivity index (χ1n) is 8.01. The van der Waals surface area contributed by atoms with Crippen LogP contribution in [0.3, 0.4) is 0 Å². The van der Waals surface area contributed by atoms with E-state index in [1.165, 1.54) is 0 Å². The molecule has 0 aromatic carbocycles. The number of carbonyl (C=O) groups excluding carboxylic acids is 1. The van der Waals surface area contributed by atoms with Gasteiger partial charge in [0.15, 0.2) is 0 Å². The second kappa shape index (κ2) is 9.10. The van der Waals surface area contributed by atoms with E-state index in [2.05, 4.69) is 19.9 Å². The minimum absolute atomic E-state index is 0.128. The Morgan fingerprint density at radius 3 is 2.96 bits per heavy atom. The van der Waals surface area contributed by atoms with Crippen LogP contribution in [-0.4, -0.2) is 60.5 Å². The van der Waals surface area contributed by atoms with Gasteiger partial charge in [-0.1, -0.05) is 6.07 Å². The average Bonchev–Trinajstić information content (AvgIpc) is 2.55. The number of nitrogens with one attached hydrogen (secondary N) is 1. The van der Waals surface area contributed by atoms with Crippen molar-refractivity contribution in [3.8, 4) is 0 Å². The molecule has 1 aliphatic heterocycles. The van der Waals surface area contributed by atoms with Crippen LogP contribution in [0.15, 0.2) is 24.5 Å². The summed E-state index contributed by atoms with van der Waals surface area (Å²) in [6.45, 7) is 0.0703. The Kier molecular flexibility index (Phi) is 7.12. The van der Waals surface area contributed by atoms with Crippen molar-refractivity contribution in [1.82, 2.24) is 15.2 Å². The number of aromatic nitrogens is 1. The fourth-order valence-electron chi connectivity index (χ4n) is 2.68. The highest BCUT2D eigenvalue weighted by Crippen LogP contribution is 2.22. The molecule has 1 atom stereocenters. The van der Waals surface area contributed by atoms with Crippen LogP contribution >= 0.6 is 0 Å². The van der Waals surface area contributed by atoms with E-state index in [1.807, 2.05) is 12.1 Å². The van der Waals surface area contributed by atoms with E-state index in [0.29, 0.717) is 13.1 Å². The Labute approximate surface area is 143 Å². The van der Waals surface area contributed by atoms with Gasteiger partial charge in [-0.25, -0.2) is 8.78 Å². The largest absolute Gasteiger partial charge is 0.365 e. The second-order valence-electron chi connectivity index (χ2n) is 6.06. The molecule has 0 radical (unpaired) electrons. The Morgan fingerprint density at radius 1 is 1.48 bits per heavy atom. The van der Waals surface area contributed by atoms with E-state index < -0.39 is 31.5 Å². The lowest BCUT2D eigenvalue weighted by atomic mass is 10.1. The fraction of sp³-hybridized carbons (Fsp3) is 0.625. The normalized spacial score (nSPS) is 19.2. The van der Waals surface area contributed by atoms with Crippen LogP contribution in [0.2, 0.25) is 0 Å². The number of hydrogen-bond acceptors (Lipinski definition) is 4. The first-order chi connectivity index (χ1) is 11.9. The molecule has 2 rings (SSSR count). The molecule has 0 spiro atoms. The summed E-state index contributed by atoms with van der Waals surface area (Å²) in [6.07, 6.45) is 1.31. The maximum absolute atomic E-state index is 12.7. The molecule has 1 amide bonds. The number of piperidine rings is 1. The maximum Gasteiger partial charge on any atom is 0.330 e. The standard InChI is InChI=1S/C16H21F4N3O2/c17-15(18)16(19,20)11-25-10-14(24)22-13-4-2-6-23(9-13)8-12-3-1-5-21-7-12/h1,3,5,7,13,15H,2,4,6,8-11H2,(H,22,24)/t13-/m1/s1. The van der Waals surface area contributed by atoms with E-state index in [1.54, 1.807) is 12.4 Å². The van der Waals surface area contributed by atoms with Crippen molar-refractivity contribution in [2.75, 3.05) is 26.3 Å². The lowest BCUT2D eigenvalue weighted by Crippen LogP contribution is -2.48. The van der Waals surface area contributed by atoms with E-state index in [0.717, 1.165) is 24.9 Å². The number of carbonyl (C=O) groups is 1. The minimum atomic E-state index is -4.24. The Morgan fingerprint density at radius 2 is 2.28 bits per heavy atom. The predicted molar refractivity (Wildman–Crippen MR) is 82.4 cm³/mol. The van der Waals surface area contributed by atoms with Gasteiger partial charge in [-0.05, 0) is 31.0 Å². The van der Waals surface area contributed by atoms with Gasteiger partial charge in [-0.15, -0.1) is 0 Å². The summed E-state index contributed by atoms with van der Waals surface area (Å²) in [6, 6.07) is 3.69. The summed E-state index contributed by atoms with van der Waals surface area (Å²) >= 11 is 0. The van der Waals surface area contributed by atoms with Gasteiger partial charge in [0.2, 0.25) is 5.91 Å². The number of pyridine rings is 1. The quantitative estimate of drug-likeness (QED) is 0.719. The van der Waals surface area contributed by atoms with Crippen molar-refractivity contribution in [2.45, 2.75) is 37.8 Å². The van der Waals surface area contributed by atoms with Crippen LogP contribution in [-0.2, 0) is 16.1 Å². The van der Waals surface area contributed by atoms with Gasteiger partial charge in [0, 0.05) is 31.5 Å². The Hall–Kier alpha value is -1.74. The molecule has 1 aliphatic rings. The monoisotopic (exact) mass is 363 g/mol.